The third-order valence-corrected chi connectivity index (χ3v) is 4.75. The molecule has 0 spiro atoms. The van der Waals surface area contributed by atoms with Crippen molar-refractivity contribution in [3.63, 3.8) is 0 Å². The highest BCUT2D eigenvalue weighted by Gasteiger charge is 2.47. The zero-order valence-corrected chi connectivity index (χ0v) is 11.9. The van der Waals surface area contributed by atoms with E-state index in [0.29, 0.717) is 11.7 Å². The molecule has 1 aliphatic heterocycles. The molecule has 0 bridgehead atoms. The second-order valence-electron chi connectivity index (χ2n) is 6.11. The maximum atomic E-state index is 13.2. The van der Waals surface area contributed by atoms with Crippen LogP contribution in [0.25, 0.3) is 0 Å². The number of halogens is 1. The van der Waals surface area contributed by atoms with Crippen LogP contribution in [-0.2, 0) is 6.54 Å². The van der Waals surface area contributed by atoms with Crippen LogP contribution in [0.1, 0.15) is 31.2 Å². The maximum Gasteiger partial charge on any atom is 0.126 e. The standard InChI is InChI=1S/C16H22FNO2/c1-20-15-10-14(17)3-2-12(15)11-18-8-4-13(5-9-18)16(19)6-7-16/h2-3,10,13,19H,4-9,11H2,1H3. The van der Waals surface area contributed by atoms with Crippen LogP contribution < -0.4 is 4.74 Å². The van der Waals surface area contributed by atoms with E-state index in [2.05, 4.69) is 4.90 Å². The van der Waals surface area contributed by atoms with Gasteiger partial charge in [-0.05, 0) is 50.8 Å². The Bertz CT molecular complexity index is 479. The average Bonchev–Trinajstić information content (AvgIpc) is 3.20. The van der Waals surface area contributed by atoms with E-state index in [1.165, 1.54) is 12.1 Å². The maximum absolute atomic E-state index is 13.2. The molecule has 0 atom stereocenters. The van der Waals surface area contributed by atoms with Crippen molar-refractivity contribution in [2.75, 3.05) is 20.2 Å². The molecule has 1 saturated carbocycles. The summed E-state index contributed by atoms with van der Waals surface area (Å²) in [7, 11) is 1.58. The van der Waals surface area contributed by atoms with Gasteiger partial charge in [-0.1, -0.05) is 6.07 Å². The van der Waals surface area contributed by atoms with Crippen LogP contribution in [-0.4, -0.2) is 35.8 Å². The van der Waals surface area contributed by atoms with E-state index in [4.69, 9.17) is 4.74 Å². The highest BCUT2D eigenvalue weighted by Crippen LogP contribution is 2.46. The fourth-order valence-corrected chi connectivity index (χ4v) is 3.25. The van der Waals surface area contributed by atoms with Gasteiger partial charge < -0.3 is 9.84 Å². The van der Waals surface area contributed by atoms with Crippen LogP contribution >= 0.6 is 0 Å². The largest absolute Gasteiger partial charge is 0.496 e. The monoisotopic (exact) mass is 279 g/mol. The molecule has 1 aromatic carbocycles. The van der Waals surface area contributed by atoms with E-state index in [1.807, 2.05) is 0 Å². The molecule has 2 fully saturated rings. The SMILES string of the molecule is COc1cc(F)ccc1CN1CCC(C2(O)CC2)CC1. The van der Waals surface area contributed by atoms with Crippen LogP contribution in [0, 0.1) is 11.7 Å². The van der Waals surface area contributed by atoms with Crippen LogP contribution in [0.5, 0.6) is 5.75 Å². The quantitative estimate of drug-likeness (QED) is 0.919. The summed E-state index contributed by atoms with van der Waals surface area (Å²) in [5, 5.41) is 10.2. The summed E-state index contributed by atoms with van der Waals surface area (Å²) in [5.41, 5.74) is 0.678. The van der Waals surface area contributed by atoms with Crippen LogP contribution in [0.2, 0.25) is 0 Å². The van der Waals surface area contributed by atoms with Gasteiger partial charge in [0, 0.05) is 18.2 Å². The molecular weight excluding hydrogens is 257 g/mol. The lowest BCUT2D eigenvalue weighted by Gasteiger charge is -2.34. The molecule has 0 radical (unpaired) electrons. The molecule has 20 heavy (non-hydrogen) atoms. The molecule has 3 rings (SSSR count). The molecule has 0 amide bonds. The number of hydrogen-bond donors (Lipinski definition) is 1. The lowest BCUT2D eigenvalue weighted by Crippen LogP contribution is -2.38. The van der Waals surface area contributed by atoms with E-state index in [-0.39, 0.29) is 11.4 Å². The number of benzene rings is 1. The smallest absolute Gasteiger partial charge is 0.126 e. The normalized spacial score (nSPS) is 22.8. The zero-order chi connectivity index (χ0) is 14.2. The van der Waals surface area contributed by atoms with Crippen LogP contribution in [0.4, 0.5) is 4.39 Å². The van der Waals surface area contributed by atoms with Crippen molar-refractivity contribution in [1.29, 1.82) is 0 Å². The van der Waals surface area contributed by atoms with Gasteiger partial charge in [-0.2, -0.15) is 0 Å². The number of nitrogens with zero attached hydrogens (tertiary/aromatic N) is 1. The number of aliphatic hydroxyl groups is 1. The molecular formula is C16H22FNO2. The summed E-state index contributed by atoms with van der Waals surface area (Å²) in [6.07, 6.45) is 4.06. The van der Waals surface area contributed by atoms with E-state index < -0.39 is 0 Å². The average molecular weight is 279 g/mol. The summed E-state index contributed by atoms with van der Waals surface area (Å²) >= 11 is 0. The third-order valence-electron chi connectivity index (χ3n) is 4.75. The first-order valence-electron chi connectivity index (χ1n) is 7.38. The fourth-order valence-electron chi connectivity index (χ4n) is 3.25. The summed E-state index contributed by atoms with van der Waals surface area (Å²) in [5.74, 6) is 0.821. The Morgan fingerprint density at radius 1 is 1.35 bits per heavy atom. The van der Waals surface area contributed by atoms with Crippen molar-refractivity contribution in [3.05, 3.63) is 29.6 Å². The van der Waals surface area contributed by atoms with Crippen molar-refractivity contribution in [3.8, 4) is 5.75 Å². The molecule has 3 nitrogen and oxygen atoms in total. The first kappa shape index (κ1) is 13.8. The van der Waals surface area contributed by atoms with E-state index in [1.54, 1.807) is 13.2 Å². The van der Waals surface area contributed by atoms with Crippen LogP contribution in [0.15, 0.2) is 18.2 Å². The minimum atomic E-state index is -0.348. The summed E-state index contributed by atoms with van der Waals surface area (Å²) in [6, 6.07) is 4.72. The van der Waals surface area contributed by atoms with E-state index >= 15 is 0 Å². The van der Waals surface area contributed by atoms with Crippen molar-refractivity contribution in [2.45, 2.75) is 37.8 Å². The molecule has 110 valence electrons. The Morgan fingerprint density at radius 2 is 2.05 bits per heavy atom. The summed E-state index contributed by atoms with van der Waals surface area (Å²) < 4.78 is 18.4. The number of hydrogen-bond acceptors (Lipinski definition) is 3. The molecule has 0 unspecified atom stereocenters. The minimum Gasteiger partial charge on any atom is -0.496 e. The van der Waals surface area contributed by atoms with Gasteiger partial charge in [0.1, 0.15) is 11.6 Å². The van der Waals surface area contributed by atoms with Gasteiger partial charge in [0.05, 0.1) is 12.7 Å². The van der Waals surface area contributed by atoms with Gasteiger partial charge in [-0.15, -0.1) is 0 Å². The van der Waals surface area contributed by atoms with Gasteiger partial charge in [-0.25, -0.2) is 4.39 Å². The molecule has 1 heterocycles. The molecule has 1 aliphatic carbocycles. The topological polar surface area (TPSA) is 32.7 Å². The third kappa shape index (κ3) is 2.81. The molecule has 2 aliphatic rings. The Kier molecular flexibility index (Phi) is 3.69. The lowest BCUT2D eigenvalue weighted by atomic mass is 9.89. The highest BCUT2D eigenvalue weighted by molar-refractivity contribution is 5.33. The Balaban J connectivity index is 1.59. The predicted octanol–water partition coefficient (Wildman–Crippen LogP) is 2.57. The zero-order valence-electron chi connectivity index (χ0n) is 11.9. The first-order valence-corrected chi connectivity index (χ1v) is 7.38. The molecule has 1 N–H and O–H groups in total. The molecule has 4 heteroatoms. The van der Waals surface area contributed by atoms with Crippen molar-refractivity contribution >= 4 is 0 Å². The van der Waals surface area contributed by atoms with Crippen LogP contribution in [0.3, 0.4) is 0 Å². The van der Waals surface area contributed by atoms with E-state index in [9.17, 15) is 9.50 Å². The minimum absolute atomic E-state index is 0.264. The Hall–Kier alpha value is -1.13. The first-order chi connectivity index (χ1) is 9.60. The number of likely N-dealkylation sites (tertiary alicyclic amines) is 1. The van der Waals surface area contributed by atoms with Gasteiger partial charge >= 0.3 is 0 Å². The van der Waals surface area contributed by atoms with Crippen molar-refractivity contribution in [2.24, 2.45) is 5.92 Å². The Labute approximate surface area is 119 Å². The van der Waals surface area contributed by atoms with E-state index in [0.717, 1.165) is 50.9 Å². The van der Waals surface area contributed by atoms with Gasteiger partial charge in [0.2, 0.25) is 0 Å². The Morgan fingerprint density at radius 3 is 2.65 bits per heavy atom. The summed E-state index contributed by atoms with van der Waals surface area (Å²) in [6.45, 7) is 2.77. The fraction of sp³-hybridized carbons (Fsp3) is 0.625. The second kappa shape index (κ2) is 5.34. The van der Waals surface area contributed by atoms with Gasteiger partial charge in [-0.3, -0.25) is 4.90 Å². The highest BCUT2D eigenvalue weighted by atomic mass is 19.1. The van der Waals surface area contributed by atoms with Gasteiger partial charge in [0.15, 0.2) is 0 Å². The predicted molar refractivity (Wildman–Crippen MR) is 75.1 cm³/mol. The number of ether oxygens (including phenoxy) is 1. The number of rotatable bonds is 4. The number of methoxy groups -OCH3 is 1. The van der Waals surface area contributed by atoms with Crippen molar-refractivity contribution in [1.82, 2.24) is 4.90 Å². The van der Waals surface area contributed by atoms with Crippen molar-refractivity contribution < 1.29 is 14.2 Å². The molecule has 1 aromatic rings. The second-order valence-corrected chi connectivity index (χ2v) is 6.11. The molecule has 1 saturated heterocycles. The summed E-state index contributed by atoms with van der Waals surface area (Å²) in [4.78, 5) is 2.36. The molecule has 0 aromatic heterocycles. The number of piperidine rings is 1. The lowest BCUT2D eigenvalue weighted by molar-refractivity contribution is 0.0374. The van der Waals surface area contributed by atoms with Gasteiger partial charge in [0.25, 0.3) is 0 Å².